The van der Waals surface area contributed by atoms with Crippen LogP contribution in [0.4, 0.5) is 15.1 Å². The van der Waals surface area contributed by atoms with Gasteiger partial charge in [0, 0.05) is 31.5 Å². The third-order valence-electron chi connectivity index (χ3n) is 7.42. The molecule has 1 amide bonds. The van der Waals surface area contributed by atoms with Crippen molar-refractivity contribution < 1.29 is 13.9 Å². The molecule has 0 saturated heterocycles. The average molecular weight is 792 g/mol. The minimum atomic E-state index is -0.296. The molecule has 0 aliphatic heterocycles. The van der Waals surface area contributed by atoms with Crippen molar-refractivity contribution in [2.75, 3.05) is 5.32 Å². The lowest BCUT2D eigenvalue weighted by molar-refractivity contribution is 0.102. The third kappa shape index (κ3) is 7.19. The number of aliphatic imine (C=N–C) groups is 1. The van der Waals surface area contributed by atoms with Crippen LogP contribution >= 0.6 is 56.5 Å². The summed E-state index contributed by atoms with van der Waals surface area (Å²) in [6, 6.07) is 20.2. The van der Waals surface area contributed by atoms with Crippen LogP contribution in [0.1, 0.15) is 59.1 Å². The Balaban J connectivity index is 1.50. The van der Waals surface area contributed by atoms with Crippen LogP contribution in [0.25, 0.3) is 0 Å². The minimum absolute atomic E-state index is 0.107. The molecule has 1 atom stereocenters. The second-order valence-electron chi connectivity index (χ2n) is 11.3. The van der Waals surface area contributed by atoms with E-state index in [1.54, 1.807) is 35.8 Å². The number of para-hydroxylation sites is 1. The maximum atomic E-state index is 14.3. The lowest BCUT2D eigenvalue weighted by Crippen LogP contribution is -2.27. The molecule has 3 aromatic carbocycles. The summed E-state index contributed by atoms with van der Waals surface area (Å²) in [6.07, 6.45) is 4.63. The van der Waals surface area contributed by atoms with Crippen molar-refractivity contribution >= 4 is 79.3 Å². The number of benzene rings is 3. The Morgan fingerprint density at radius 3 is 2.59 bits per heavy atom. The number of nitrogens with one attached hydrogen (secondary N) is 1. The summed E-state index contributed by atoms with van der Waals surface area (Å²) < 4.78 is 22.4. The monoisotopic (exact) mass is 792 g/mol. The van der Waals surface area contributed by atoms with Crippen LogP contribution in [-0.4, -0.2) is 12.1 Å². The van der Waals surface area contributed by atoms with Crippen molar-refractivity contribution in [3.8, 4) is 5.75 Å². The van der Waals surface area contributed by atoms with E-state index in [1.165, 1.54) is 10.9 Å². The molecule has 0 fully saturated rings. The van der Waals surface area contributed by atoms with Crippen molar-refractivity contribution in [2.24, 2.45) is 16.3 Å². The zero-order valence-electron chi connectivity index (χ0n) is 23.1. The molecule has 4 nitrogen and oxygen atoms in total. The lowest BCUT2D eigenvalue weighted by Gasteiger charge is -2.33. The second kappa shape index (κ2) is 12.9. The molecule has 0 saturated carbocycles. The predicted octanol–water partition coefficient (Wildman–Crippen LogP) is 9.83. The van der Waals surface area contributed by atoms with Gasteiger partial charge in [-0.25, -0.2) is 9.38 Å². The quantitative estimate of drug-likeness (QED) is 0.150. The first-order valence-corrected chi connectivity index (χ1v) is 16.5. The molecular weight excluding hydrogens is 761 g/mol. The fraction of sp³-hybridized carbons (Fsp3) is 0.273. The number of hydrogen-bond acceptors (Lipinski definition) is 4. The van der Waals surface area contributed by atoms with Gasteiger partial charge in [-0.3, -0.25) is 4.79 Å². The summed E-state index contributed by atoms with van der Waals surface area (Å²) in [5.41, 5.74) is 4.00. The molecule has 0 radical (unpaired) electrons. The summed E-state index contributed by atoms with van der Waals surface area (Å²) in [7, 11) is 0. The number of carbonyl (C=O) groups is 1. The number of hydrogen-bond donors (Lipinski definition) is 1. The largest absolute Gasteiger partial charge is 0.487 e. The van der Waals surface area contributed by atoms with E-state index in [0.29, 0.717) is 27.8 Å². The number of fused-ring (bicyclic) bond motifs is 1. The highest BCUT2D eigenvalue weighted by molar-refractivity contribution is 14.1. The predicted molar refractivity (Wildman–Crippen MR) is 184 cm³/mol. The van der Waals surface area contributed by atoms with Crippen molar-refractivity contribution in [3.05, 3.63) is 107 Å². The Morgan fingerprint density at radius 2 is 1.85 bits per heavy atom. The van der Waals surface area contributed by atoms with Crippen molar-refractivity contribution in [3.63, 3.8) is 0 Å². The first-order chi connectivity index (χ1) is 19.6. The first-order valence-electron chi connectivity index (χ1n) is 13.5. The number of ether oxygens (including phenoxy) is 1. The van der Waals surface area contributed by atoms with Crippen LogP contribution in [0.3, 0.4) is 0 Å². The number of carbonyl (C=O) groups excluding carboxylic acids is 1. The van der Waals surface area contributed by atoms with Crippen LogP contribution in [0, 0.1) is 24.3 Å². The fourth-order valence-electron chi connectivity index (χ4n) is 5.07. The topological polar surface area (TPSA) is 50.7 Å². The van der Waals surface area contributed by atoms with Gasteiger partial charge in [0.25, 0.3) is 5.91 Å². The average Bonchev–Trinajstić information content (AvgIpc) is 3.30. The van der Waals surface area contributed by atoms with Gasteiger partial charge < -0.3 is 10.1 Å². The molecule has 4 aromatic rings. The van der Waals surface area contributed by atoms with Crippen molar-refractivity contribution in [1.82, 2.24) is 0 Å². The molecule has 1 aliphatic carbocycles. The highest BCUT2D eigenvalue weighted by Gasteiger charge is 2.33. The Kier molecular flexibility index (Phi) is 9.50. The van der Waals surface area contributed by atoms with Gasteiger partial charge in [-0.05, 0) is 112 Å². The van der Waals surface area contributed by atoms with Crippen LogP contribution in [-0.2, 0) is 19.4 Å². The summed E-state index contributed by atoms with van der Waals surface area (Å²) >= 11 is 6.13. The molecule has 1 aliphatic rings. The zero-order valence-corrected chi connectivity index (χ0v) is 28.3. The molecule has 0 spiro atoms. The van der Waals surface area contributed by atoms with Crippen LogP contribution in [0.15, 0.2) is 71.7 Å². The van der Waals surface area contributed by atoms with Crippen LogP contribution in [0.2, 0.25) is 0 Å². The van der Waals surface area contributed by atoms with Crippen LogP contribution < -0.4 is 10.1 Å². The van der Waals surface area contributed by atoms with Gasteiger partial charge in [0.15, 0.2) is 0 Å². The van der Waals surface area contributed by atoms with Gasteiger partial charge in [0.05, 0.1) is 9.13 Å². The maximum absolute atomic E-state index is 14.3. The highest BCUT2D eigenvalue weighted by atomic mass is 127. The molecular formula is C33H31FI2N2O2S. The molecule has 0 bridgehead atoms. The Hall–Kier alpha value is -2.31. The lowest BCUT2D eigenvalue weighted by atomic mass is 9.72. The van der Waals surface area contributed by atoms with E-state index in [0.717, 1.165) is 43.2 Å². The van der Waals surface area contributed by atoms with Crippen molar-refractivity contribution in [1.29, 1.82) is 0 Å². The molecule has 0 unspecified atom stereocenters. The van der Waals surface area contributed by atoms with Gasteiger partial charge >= 0.3 is 0 Å². The first kappa shape index (κ1) is 30.2. The zero-order chi connectivity index (χ0) is 29.1. The maximum Gasteiger partial charge on any atom is 0.259 e. The smallest absolute Gasteiger partial charge is 0.259 e. The number of nitrogens with zero attached hydrogens (tertiary/aromatic N) is 1. The summed E-state index contributed by atoms with van der Waals surface area (Å²) in [5.74, 6) is 0.756. The molecule has 41 heavy (non-hydrogen) atoms. The number of amides is 1. The fourth-order valence-corrected chi connectivity index (χ4v) is 8.39. The van der Waals surface area contributed by atoms with Gasteiger partial charge in [-0.1, -0.05) is 57.2 Å². The summed E-state index contributed by atoms with van der Waals surface area (Å²) in [5, 5.41) is 3.78. The van der Waals surface area contributed by atoms with E-state index in [2.05, 4.69) is 71.3 Å². The van der Waals surface area contributed by atoms with E-state index in [-0.39, 0.29) is 23.7 Å². The Bertz CT molecular complexity index is 1600. The van der Waals surface area contributed by atoms with Crippen molar-refractivity contribution in [2.45, 2.75) is 46.6 Å². The van der Waals surface area contributed by atoms with E-state index >= 15 is 0 Å². The number of halogens is 3. The number of thiophene rings is 1. The normalized spacial score (nSPS) is 15.1. The molecule has 1 heterocycles. The number of anilines is 1. The summed E-state index contributed by atoms with van der Waals surface area (Å²) in [4.78, 5) is 19.8. The van der Waals surface area contributed by atoms with Gasteiger partial charge in [-0.15, -0.1) is 11.3 Å². The molecule has 212 valence electrons. The number of rotatable bonds is 7. The van der Waals surface area contributed by atoms with Gasteiger partial charge in [0.1, 0.15) is 23.2 Å². The standard InChI is InChI=1S/C33H31FI2N2O2S/c1-33(2,3)22-13-14-25-28(16-22)41-32(29(25)31(39)38-24-10-5-4-6-11-24)37-18-21-15-23(35)17-27(36)30(21)40-19-20-9-7-8-12-26(20)34/h4-12,15,17-18,22H,13-14,16,19H2,1-3H3,(H,38,39)/t22-/m1/s1. The van der Waals surface area contributed by atoms with Gasteiger partial charge in [-0.2, -0.15) is 0 Å². The third-order valence-corrected chi connectivity index (χ3v) is 10.0. The van der Waals surface area contributed by atoms with E-state index in [1.807, 2.05) is 42.5 Å². The second-order valence-corrected chi connectivity index (χ2v) is 14.7. The van der Waals surface area contributed by atoms with E-state index in [4.69, 9.17) is 9.73 Å². The Labute approximate surface area is 272 Å². The molecule has 5 rings (SSSR count). The van der Waals surface area contributed by atoms with Gasteiger partial charge in [0.2, 0.25) is 0 Å². The molecule has 1 aromatic heterocycles. The van der Waals surface area contributed by atoms with E-state index in [9.17, 15) is 9.18 Å². The summed E-state index contributed by atoms with van der Waals surface area (Å²) in [6.45, 7) is 6.98. The highest BCUT2D eigenvalue weighted by Crippen LogP contribution is 2.45. The molecule has 1 N–H and O–H groups in total. The van der Waals surface area contributed by atoms with Crippen LogP contribution in [0.5, 0.6) is 5.75 Å². The Morgan fingerprint density at radius 1 is 1.12 bits per heavy atom. The molecule has 8 heteroatoms. The minimum Gasteiger partial charge on any atom is -0.487 e. The van der Waals surface area contributed by atoms with E-state index < -0.39 is 0 Å². The SMILES string of the molecule is CC(C)(C)[C@@H]1CCc2c(sc(N=Cc3cc(I)cc(I)c3OCc3ccccc3F)c2C(=O)Nc2ccccc2)C1.